The first-order valence-corrected chi connectivity index (χ1v) is 25.1. The first kappa shape index (κ1) is 67.8. The summed E-state index contributed by atoms with van der Waals surface area (Å²) in [7, 11) is 3.50. The Morgan fingerprint density at radius 1 is 0.418 bits per heavy atom. The summed E-state index contributed by atoms with van der Waals surface area (Å²) in [5, 5.41) is 8.62. The van der Waals surface area contributed by atoms with Crippen molar-refractivity contribution >= 4 is 47.0 Å². The summed E-state index contributed by atoms with van der Waals surface area (Å²) in [5.41, 5.74) is 28.6. The number of primary amides is 4. The summed E-state index contributed by atoms with van der Waals surface area (Å²) in [4.78, 5) is 64.7. The number of benzene rings is 6. The Balaban J connectivity index is 0.000000475. The van der Waals surface area contributed by atoms with Gasteiger partial charge < -0.3 is 67.5 Å². The zero-order valence-corrected chi connectivity index (χ0v) is 47.0. The molecule has 0 fully saturated rings. The molecule has 0 heterocycles. The van der Waals surface area contributed by atoms with Gasteiger partial charge in [0, 0.05) is 32.4 Å². The summed E-state index contributed by atoms with van der Waals surface area (Å²) in [6.45, 7) is 15.9. The van der Waals surface area contributed by atoms with E-state index < -0.39 is 12.0 Å². The summed E-state index contributed by atoms with van der Waals surface area (Å²) < 4.78 is 25.5. The van der Waals surface area contributed by atoms with Crippen LogP contribution in [0.3, 0.4) is 0 Å². The monoisotopic (exact) mass is 1090 g/mol. The zero-order chi connectivity index (χ0) is 59.0. The van der Waals surface area contributed by atoms with E-state index in [4.69, 9.17) is 41.9 Å². The quantitative estimate of drug-likeness (QED) is 0.0345. The van der Waals surface area contributed by atoms with Crippen LogP contribution < -0.4 is 57.8 Å². The molecule has 11 N–H and O–H groups in total. The number of anilines is 2. The lowest BCUT2D eigenvalue weighted by Crippen LogP contribution is -2.28. The Bertz CT molecular complexity index is 2550. The predicted molar refractivity (Wildman–Crippen MR) is 311 cm³/mol. The molecule has 0 radical (unpaired) electrons. The first-order chi connectivity index (χ1) is 37.5. The van der Waals surface area contributed by atoms with Crippen molar-refractivity contribution in [1.82, 2.24) is 10.2 Å². The van der Waals surface area contributed by atoms with Crippen molar-refractivity contribution in [3.63, 3.8) is 0 Å². The van der Waals surface area contributed by atoms with Gasteiger partial charge in [0.25, 0.3) is 5.91 Å². The van der Waals surface area contributed by atoms with E-state index in [9.17, 15) is 28.8 Å². The molecular formula is C60H80N8O11. The zero-order valence-electron chi connectivity index (χ0n) is 47.0. The van der Waals surface area contributed by atoms with Crippen LogP contribution in [0.5, 0.6) is 23.0 Å². The number of hydrogen-bond acceptors (Lipinski definition) is 13. The highest BCUT2D eigenvalue weighted by atomic mass is 16.6. The molecule has 0 saturated heterocycles. The van der Waals surface area contributed by atoms with E-state index >= 15 is 0 Å². The Morgan fingerprint density at radius 2 is 0.759 bits per heavy atom. The number of carbonyl (C=O) groups is 6. The molecule has 0 aromatic heterocycles. The Labute approximate surface area is 465 Å². The van der Waals surface area contributed by atoms with Gasteiger partial charge in [0.2, 0.25) is 23.6 Å². The lowest BCUT2D eigenvalue weighted by atomic mass is 10.2. The smallest absolute Gasteiger partial charge is 0.404 e. The Hall–Kier alpha value is -9.26. The summed E-state index contributed by atoms with van der Waals surface area (Å²) in [5.74, 6) is 1.91. The largest absolute Gasteiger partial charge is 0.493 e. The van der Waals surface area contributed by atoms with Crippen LogP contribution in [-0.2, 0) is 28.7 Å². The maximum atomic E-state index is 11.2. The molecule has 19 heteroatoms. The molecule has 19 nitrogen and oxygen atoms in total. The van der Waals surface area contributed by atoms with E-state index in [1.807, 2.05) is 175 Å². The summed E-state index contributed by atoms with van der Waals surface area (Å²) in [6, 6.07) is 46.3. The van der Waals surface area contributed by atoms with Gasteiger partial charge in [0.1, 0.15) is 42.8 Å². The summed E-state index contributed by atoms with van der Waals surface area (Å²) >= 11 is 0. The Kier molecular flexibility index (Phi) is 34.4. The van der Waals surface area contributed by atoms with E-state index in [1.165, 1.54) is 34.7 Å². The fraction of sp³-hybridized carbons (Fsp3) is 0.300. The van der Waals surface area contributed by atoms with Crippen LogP contribution in [0, 0.1) is 41.5 Å². The molecule has 0 bridgehead atoms. The predicted octanol–water partition coefficient (Wildman–Crippen LogP) is 7.47. The highest BCUT2D eigenvalue weighted by molar-refractivity contribution is 5.80. The van der Waals surface area contributed by atoms with Gasteiger partial charge in [-0.3, -0.25) is 24.0 Å². The molecule has 6 rings (SSSR count). The third kappa shape index (κ3) is 38.0. The topological polar surface area (TPSA) is 292 Å². The molecular weight excluding hydrogens is 1010 g/mol. The number of hydrogen-bond donors (Lipinski definition) is 7. The molecule has 6 aromatic carbocycles. The van der Waals surface area contributed by atoms with Crippen LogP contribution >= 0.6 is 0 Å². The number of carbonyl (C=O) groups excluding carboxylic acids is 6. The minimum absolute atomic E-state index is 0.0301. The van der Waals surface area contributed by atoms with Crippen LogP contribution in [0.4, 0.5) is 16.2 Å². The van der Waals surface area contributed by atoms with Crippen LogP contribution in [0.2, 0.25) is 0 Å². The normalized spacial score (nSPS) is 9.53. The second kappa shape index (κ2) is 40.1. The molecule has 0 saturated carbocycles. The molecule has 6 aromatic rings. The average molecular weight is 1090 g/mol. The number of nitrogens with zero attached hydrogens (tertiary/aromatic N) is 1. The molecule has 0 atom stereocenters. The number of aryl methyl sites for hydroxylation is 6. The molecule has 79 heavy (non-hydrogen) atoms. The van der Waals surface area contributed by atoms with Gasteiger partial charge in [0.15, 0.2) is 6.61 Å². The number of nitrogens with one attached hydrogen (secondary N) is 3. The van der Waals surface area contributed by atoms with Crippen molar-refractivity contribution in [2.75, 3.05) is 77.4 Å². The van der Waals surface area contributed by atoms with Gasteiger partial charge in [-0.25, -0.2) is 4.79 Å². The van der Waals surface area contributed by atoms with Crippen molar-refractivity contribution < 1.29 is 52.5 Å². The average Bonchev–Trinajstić information content (AvgIpc) is 3.40. The standard InChI is InChI=1S/C11H16N2O.C11H15NO2.C10H13NO3.C10H13NO2.C9H12N2O.C9H11NO2/c1-9-4-6-10(7-5-9)12-8-11(14)13(2)3;1-9-3-5-11(6-4-9)14-8-7-12-10(2)13;1-8-2-4-9(5-3-8)13-6-7-14-10(11)12;1-8-2-4-9(5-3-8)13-7-6-10(11)12;1-7-2-4-8(5-3-7)11-6-9(10)12;1-7-2-4-8(5-3-7)12-6-9(10)11/h4-7,12H,8H2,1-3H3;3-6H,7-8H2,1-2H3,(H,12,13);2-5H,6-7H2,1H3,(H2,11,12);2-5H,6-7H2,1H3,(H2,11,12);2-5,11H,6H2,1H3,(H2,10,12);2-5H,6H2,1H3,(H2,10,11). The van der Waals surface area contributed by atoms with Crippen molar-refractivity contribution in [2.45, 2.75) is 54.9 Å². The van der Waals surface area contributed by atoms with Crippen LogP contribution in [0.15, 0.2) is 146 Å². The van der Waals surface area contributed by atoms with E-state index in [-0.39, 0.29) is 49.8 Å². The third-order valence-electron chi connectivity index (χ3n) is 9.94. The van der Waals surface area contributed by atoms with Crippen molar-refractivity contribution in [2.24, 2.45) is 22.9 Å². The number of rotatable bonds is 21. The second-order valence-corrected chi connectivity index (χ2v) is 17.6. The number of nitrogens with two attached hydrogens (primary N) is 4. The van der Waals surface area contributed by atoms with Crippen LogP contribution in [0.1, 0.15) is 46.7 Å². The van der Waals surface area contributed by atoms with Gasteiger partial charge in [-0.15, -0.1) is 0 Å². The van der Waals surface area contributed by atoms with E-state index in [2.05, 4.69) is 20.7 Å². The third-order valence-corrected chi connectivity index (χ3v) is 9.94. The molecule has 0 aliphatic carbocycles. The van der Waals surface area contributed by atoms with Crippen molar-refractivity contribution in [3.05, 3.63) is 179 Å². The fourth-order valence-electron chi connectivity index (χ4n) is 5.53. The molecule has 6 amide bonds. The highest BCUT2D eigenvalue weighted by Crippen LogP contribution is 2.14. The van der Waals surface area contributed by atoms with E-state index in [0.717, 1.165) is 34.2 Å². The lowest BCUT2D eigenvalue weighted by molar-refractivity contribution is -0.127. The maximum Gasteiger partial charge on any atom is 0.404 e. The minimum Gasteiger partial charge on any atom is -0.493 e. The fourth-order valence-corrected chi connectivity index (χ4v) is 5.53. The molecule has 0 aliphatic heterocycles. The van der Waals surface area contributed by atoms with E-state index in [0.29, 0.717) is 38.7 Å². The van der Waals surface area contributed by atoms with Crippen molar-refractivity contribution in [1.29, 1.82) is 0 Å². The van der Waals surface area contributed by atoms with Gasteiger partial charge >= 0.3 is 6.09 Å². The van der Waals surface area contributed by atoms with Gasteiger partial charge in [0.05, 0.1) is 32.7 Å². The maximum absolute atomic E-state index is 11.2. The minimum atomic E-state index is -0.780. The number of amides is 6. The highest BCUT2D eigenvalue weighted by Gasteiger charge is 2.03. The van der Waals surface area contributed by atoms with Gasteiger partial charge in [-0.05, 0) is 114 Å². The number of likely N-dealkylation sites (N-methyl/N-ethyl adjacent to an activating group) is 1. The molecule has 0 aliphatic rings. The molecule has 0 spiro atoms. The number of ether oxygens (including phenoxy) is 5. The molecule has 0 unspecified atom stereocenters. The van der Waals surface area contributed by atoms with Gasteiger partial charge in [-0.1, -0.05) is 106 Å². The SMILES string of the molecule is CC(=O)NCCOc1ccc(C)cc1.Cc1ccc(NCC(=O)N(C)C)cc1.Cc1ccc(NCC(N)=O)cc1.Cc1ccc(OCC(N)=O)cc1.Cc1ccc(OCCC(N)=O)cc1.Cc1ccc(OCCOC(N)=O)cc1. The Morgan fingerprint density at radius 3 is 1.09 bits per heavy atom. The van der Waals surface area contributed by atoms with Gasteiger partial charge in [-0.2, -0.15) is 0 Å². The van der Waals surface area contributed by atoms with E-state index in [1.54, 1.807) is 31.1 Å². The lowest BCUT2D eigenvalue weighted by Gasteiger charge is -2.11. The van der Waals surface area contributed by atoms with Crippen molar-refractivity contribution in [3.8, 4) is 23.0 Å². The summed E-state index contributed by atoms with van der Waals surface area (Å²) in [6.07, 6.45) is -0.522. The first-order valence-electron chi connectivity index (χ1n) is 25.1. The van der Waals surface area contributed by atoms with Crippen LogP contribution in [0.25, 0.3) is 0 Å². The molecule has 426 valence electrons. The van der Waals surface area contributed by atoms with Crippen LogP contribution in [-0.4, -0.2) is 107 Å². The second-order valence-electron chi connectivity index (χ2n) is 17.6.